The van der Waals surface area contributed by atoms with Crippen molar-refractivity contribution in [3.05, 3.63) is 27.8 Å². The number of rotatable bonds is 2. The highest BCUT2D eigenvalue weighted by Crippen LogP contribution is 2.25. The molecule has 0 spiro atoms. The Kier molecular flexibility index (Phi) is 4.44. The lowest BCUT2D eigenvalue weighted by Crippen LogP contribution is -2.48. The summed E-state index contributed by atoms with van der Waals surface area (Å²) in [7, 11) is 0. The number of halogens is 1. The van der Waals surface area contributed by atoms with Gasteiger partial charge in [0.05, 0.1) is 5.69 Å². The van der Waals surface area contributed by atoms with Crippen molar-refractivity contribution in [2.45, 2.75) is 26.3 Å². The molecular formula is C14H17IN2O2. The highest BCUT2D eigenvalue weighted by molar-refractivity contribution is 14.1. The van der Waals surface area contributed by atoms with E-state index < -0.39 is 6.04 Å². The van der Waals surface area contributed by atoms with Crippen LogP contribution in [0.25, 0.3) is 0 Å². The van der Waals surface area contributed by atoms with Gasteiger partial charge < -0.3 is 10.2 Å². The van der Waals surface area contributed by atoms with Crippen LogP contribution in [0.1, 0.15) is 20.3 Å². The Hall–Kier alpha value is -1.11. The highest BCUT2D eigenvalue weighted by atomic mass is 127. The molecule has 0 aromatic heterocycles. The van der Waals surface area contributed by atoms with Crippen molar-refractivity contribution in [1.29, 1.82) is 0 Å². The number of hydrogen-bond donors (Lipinski definition) is 1. The van der Waals surface area contributed by atoms with Crippen LogP contribution in [0.3, 0.4) is 0 Å². The zero-order valence-corrected chi connectivity index (χ0v) is 13.2. The van der Waals surface area contributed by atoms with Crippen LogP contribution in [0.15, 0.2) is 24.3 Å². The third-order valence-electron chi connectivity index (χ3n) is 3.22. The van der Waals surface area contributed by atoms with Crippen molar-refractivity contribution in [2.24, 2.45) is 5.92 Å². The van der Waals surface area contributed by atoms with Crippen LogP contribution in [0.2, 0.25) is 0 Å². The molecule has 2 rings (SSSR count). The van der Waals surface area contributed by atoms with E-state index in [0.717, 1.165) is 9.26 Å². The molecular weight excluding hydrogens is 355 g/mol. The van der Waals surface area contributed by atoms with Crippen molar-refractivity contribution >= 4 is 40.1 Å². The number of nitrogens with one attached hydrogen (secondary N) is 1. The first-order valence-corrected chi connectivity index (χ1v) is 7.44. The van der Waals surface area contributed by atoms with Crippen molar-refractivity contribution in [3.8, 4) is 0 Å². The zero-order valence-electron chi connectivity index (χ0n) is 11.0. The van der Waals surface area contributed by atoms with Crippen molar-refractivity contribution < 1.29 is 9.59 Å². The zero-order chi connectivity index (χ0) is 14.0. The summed E-state index contributed by atoms with van der Waals surface area (Å²) in [5, 5.41) is 2.81. The molecule has 102 valence electrons. The largest absolute Gasteiger partial charge is 0.344 e. The van der Waals surface area contributed by atoms with Gasteiger partial charge in [0.25, 0.3) is 0 Å². The van der Waals surface area contributed by atoms with Gasteiger partial charge in [-0.15, -0.1) is 0 Å². The second-order valence-electron chi connectivity index (χ2n) is 4.98. The molecule has 1 aromatic carbocycles. The third-order valence-corrected chi connectivity index (χ3v) is 4.13. The molecule has 5 heteroatoms. The molecule has 1 aliphatic heterocycles. The van der Waals surface area contributed by atoms with Gasteiger partial charge in [0, 0.05) is 16.5 Å². The molecule has 0 saturated carbocycles. The Morgan fingerprint density at radius 1 is 1.32 bits per heavy atom. The average Bonchev–Trinajstić information content (AvgIpc) is 2.51. The molecule has 1 aromatic rings. The van der Waals surface area contributed by atoms with Crippen molar-refractivity contribution in [1.82, 2.24) is 5.32 Å². The van der Waals surface area contributed by atoms with Crippen LogP contribution in [-0.2, 0) is 9.59 Å². The first kappa shape index (κ1) is 14.3. The lowest BCUT2D eigenvalue weighted by Gasteiger charge is -2.26. The van der Waals surface area contributed by atoms with Crippen LogP contribution >= 0.6 is 22.6 Å². The minimum atomic E-state index is -0.439. The molecule has 1 unspecified atom stereocenters. The maximum atomic E-state index is 12.6. The van der Waals surface area contributed by atoms with Gasteiger partial charge in [-0.2, -0.15) is 0 Å². The number of carbonyl (C=O) groups excluding carboxylic acids is 2. The van der Waals surface area contributed by atoms with Gasteiger partial charge in [0.1, 0.15) is 6.04 Å². The Balaban J connectivity index is 2.36. The maximum Gasteiger partial charge on any atom is 0.249 e. The second-order valence-corrected chi connectivity index (χ2v) is 6.14. The monoisotopic (exact) mass is 372 g/mol. The van der Waals surface area contributed by atoms with E-state index in [1.165, 1.54) is 0 Å². The summed E-state index contributed by atoms with van der Waals surface area (Å²) in [6, 6.07) is 7.30. The summed E-state index contributed by atoms with van der Waals surface area (Å²) in [4.78, 5) is 26.0. The van der Waals surface area contributed by atoms with E-state index in [4.69, 9.17) is 0 Å². The van der Waals surface area contributed by atoms with E-state index in [1.807, 2.05) is 38.1 Å². The van der Waals surface area contributed by atoms with Gasteiger partial charge in [0.15, 0.2) is 0 Å². The Bertz CT molecular complexity index is 502. The van der Waals surface area contributed by atoms with Crippen LogP contribution < -0.4 is 10.2 Å². The number of amides is 2. The predicted molar refractivity (Wildman–Crippen MR) is 82.9 cm³/mol. The number of hydrogen-bond acceptors (Lipinski definition) is 2. The topological polar surface area (TPSA) is 49.4 Å². The molecule has 0 aliphatic carbocycles. The number of benzene rings is 1. The van der Waals surface area contributed by atoms with Gasteiger partial charge in [0.2, 0.25) is 11.8 Å². The van der Waals surface area contributed by atoms with Gasteiger partial charge in [-0.1, -0.05) is 26.0 Å². The standard InChI is InChI=1S/C14H17IN2O2/c1-9(2)13-14(19)17(8-7-12(18)16-13)11-6-4-3-5-10(11)15/h3-6,9,13H,7-8H2,1-2H3,(H,16,18). The Morgan fingerprint density at radius 2 is 2.00 bits per heavy atom. The van der Waals surface area contributed by atoms with Gasteiger partial charge in [-0.05, 0) is 40.6 Å². The van der Waals surface area contributed by atoms with Crippen LogP contribution in [0.4, 0.5) is 5.69 Å². The second kappa shape index (κ2) is 5.90. The van der Waals surface area contributed by atoms with Crippen LogP contribution in [0, 0.1) is 9.49 Å². The molecule has 0 radical (unpaired) electrons. The predicted octanol–water partition coefficient (Wildman–Crippen LogP) is 2.17. The molecule has 2 amide bonds. The molecule has 1 N–H and O–H groups in total. The molecule has 1 atom stereocenters. The summed E-state index contributed by atoms with van der Waals surface area (Å²) in [6.45, 7) is 4.33. The summed E-state index contributed by atoms with van der Waals surface area (Å²) in [5.74, 6) is 0.00359. The number of nitrogens with zero attached hydrogens (tertiary/aromatic N) is 1. The molecule has 19 heavy (non-hydrogen) atoms. The Labute approximate surface area is 126 Å². The highest BCUT2D eigenvalue weighted by Gasteiger charge is 2.33. The summed E-state index contributed by atoms with van der Waals surface area (Å²) >= 11 is 2.22. The van der Waals surface area contributed by atoms with E-state index in [2.05, 4.69) is 27.9 Å². The SMILES string of the molecule is CC(C)C1NC(=O)CCN(c2ccccc2I)C1=O. The smallest absolute Gasteiger partial charge is 0.249 e. The number of carbonyl (C=O) groups is 2. The number of anilines is 1. The van der Waals surface area contributed by atoms with Crippen molar-refractivity contribution in [2.75, 3.05) is 11.4 Å². The minimum Gasteiger partial charge on any atom is -0.344 e. The fraction of sp³-hybridized carbons (Fsp3) is 0.429. The van der Waals surface area contributed by atoms with Crippen LogP contribution in [-0.4, -0.2) is 24.4 Å². The lowest BCUT2D eigenvalue weighted by atomic mass is 10.0. The summed E-state index contributed by atoms with van der Waals surface area (Å²) < 4.78 is 1.02. The van der Waals surface area contributed by atoms with E-state index in [0.29, 0.717) is 13.0 Å². The minimum absolute atomic E-state index is 0.0232. The van der Waals surface area contributed by atoms with E-state index in [1.54, 1.807) is 4.90 Å². The van der Waals surface area contributed by atoms with Gasteiger partial charge in [-0.25, -0.2) is 0 Å². The van der Waals surface area contributed by atoms with Gasteiger partial charge >= 0.3 is 0 Å². The summed E-state index contributed by atoms with van der Waals surface area (Å²) in [6.07, 6.45) is 0.347. The normalized spacial score (nSPS) is 20.4. The van der Waals surface area contributed by atoms with E-state index in [-0.39, 0.29) is 17.7 Å². The fourth-order valence-corrected chi connectivity index (χ4v) is 2.84. The molecule has 0 bridgehead atoms. The molecule has 1 saturated heterocycles. The molecule has 1 fully saturated rings. The van der Waals surface area contributed by atoms with Gasteiger partial charge in [-0.3, -0.25) is 9.59 Å². The first-order valence-electron chi connectivity index (χ1n) is 6.36. The molecule has 4 nitrogen and oxygen atoms in total. The molecule has 1 aliphatic rings. The van der Waals surface area contributed by atoms with E-state index in [9.17, 15) is 9.59 Å². The molecule has 1 heterocycles. The number of para-hydroxylation sites is 1. The average molecular weight is 372 g/mol. The lowest BCUT2D eigenvalue weighted by molar-refractivity contribution is -0.126. The quantitative estimate of drug-likeness (QED) is 0.810. The van der Waals surface area contributed by atoms with Crippen molar-refractivity contribution in [3.63, 3.8) is 0 Å². The first-order chi connectivity index (χ1) is 9.00. The summed E-state index contributed by atoms with van der Waals surface area (Å²) in [5.41, 5.74) is 0.884. The third kappa shape index (κ3) is 3.08. The van der Waals surface area contributed by atoms with E-state index >= 15 is 0 Å². The maximum absolute atomic E-state index is 12.6. The fourth-order valence-electron chi connectivity index (χ4n) is 2.16. The van der Waals surface area contributed by atoms with Crippen LogP contribution in [0.5, 0.6) is 0 Å². The Morgan fingerprint density at radius 3 is 2.63 bits per heavy atom.